The van der Waals surface area contributed by atoms with Gasteiger partial charge in [-0.05, 0) is 55.0 Å². The van der Waals surface area contributed by atoms with Crippen LogP contribution in [0.3, 0.4) is 0 Å². The van der Waals surface area contributed by atoms with Crippen LogP contribution in [0, 0.1) is 23.7 Å². The van der Waals surface area contributed by atoms with Crippen LogP contribution in [0.15, 0.2) is 0 Å². The average Bonchev–Trinajstić information content (AvgIpc) is 3.58. The lowest BCUT2D eigenvalue weighted by Crippen LogP contribution is -2.13. The summed E-state index contributed by atoms with van der Waals surface area (Å²) in [7, 11) is 0. The molecular weight excluding hydrogens is 472 g/mol. The zero-order chi connectivity index (χ0) is 25.5. The normalized spacial score (nSPS) is 20.7. The molecule has 0 saturated heterocycles. The molecule has 4 aliphatic rings. The Kier molecular flexibility index (Phi) is 17.5. The summed E-state index contributed by atoms with van der Waals surface area (Å²) in [6, 6.07) is 0. The van der Waals surface area contributed by atoms with Gasteiger partial charge in [0.2, 0.25) is 5.24 Å². The highest BCUT2D eigenvalue weighted by molar-refractivity contribution is 6.63. The Morgan fingerprint density at radius 3 is 1.08 bits per heavy atom. The molecule has 0 unspecified atom stereocenters. The summed E-state index contributed by atoms with van der Waals surface area (Å²) in [5.74, 6) is 3.27. The fourth-order valence-electron chi connectivity index (χ4n) is 6.50. The smallest absolute Gasteiger partial charge is 0.221 e. The molecule has 4 nitrogen and oxygen atoms in total. The second kappa shape index (κ2) is 19.1. The molecule has 0 aliphatic heterocycles. The number of halogens is 1. The molecule has 208 valence electrons. The van der Waals surface area contributed by atoms with Crippen LogP contribution in [0.2, 0.25) is 0 Å². The predicted octanol–water partition coefficient (Wildman–Crippen LogP) is 8.80. The molecule has 0 atom stereocenters. The second-order valence-electron chi connectivity index (χ2n) is 11.7. The van der Waals surface area contributed by atoms with Gasteiger partial charge in [0.05, 0.1) is 6.42 Å². The number of hydrogen-bond acceptors (Lipinski definition) is 4. The molecule has 4 rings (SSSR count). The molecule has 0 aromatic heterocycles. The van der Waals surface area contributed by atoms with Gasteiger partial charge in [-0.25, -0.2) is 0 Å². The molecule has 4 fully saturated rings. The molecule has 0 amide bonds. The van der Waals surface area contributed by atoms with Gasteiger partial charge in [-0.15, -0.1) is 0 Å². The first kappa shape index (κ1) is 33.0. The van der Waals surface area contributed by atoms with Crippen molar-refractivity contribution in [2.75, 3.05) is 0 Å². The predicted molar refractivity (Wildman–Crippen MR) is 149 cm³/mol. The molecule has 0 radical (unpaired) electrons. The molecule has 0 heterocycles. The van der Waals surface area contributed by atoms with E-state index in [4.69, 9.17) is 11.6 Å². The molecular formula is C31H53ClO4. The van der Waals surface area contributed by atoms with Gasteiger partial charge in [0.25, 0.3) is 0 Å². The third-order valence-corrected chi connectivity index (χ3v) is 8.51. The van der Waals surface area contributed by atoms with E-state index >= 15 is 0 Å². The molecule has 0 aromatic rings. The van der Waals surface area contributed by atoms with Gasteiger partial charge in [0.15, 0.2) is 0 Å². The second-order valence-corrected chi connectivity index (χ2v) is 12.2. The number of Topliss-reactive ketones (excluding diaryl/α,β-unsaturated/α-hetero) is 3. The third kappa shape index (κ3) is 15.3. The molecule has 0 spiro atoms. The van der Waals surface area contributed by atoms with Gasteiger partial charge in [-0.3, -0.25) is 14.4 Å². The Hall–Kier alpha value is -1.03. The Balaban J connectivity index is 0.000000291. The quantitative estimate of drug-likeness (QED) is 0.211. The fraction of sp³-hybridized carbons (Fsp3) is 0.871. The van der Waals surface area contributed by atoms with E-state index in [1.54, 1.807) is 6.92 Å². The van der Waals surface area contributed by atoms with Gasteiger partial charge in [0.1, 0.15) is 17.3 Å². The van der Waals surface area contributed by atoms with E-state index in [0.717, 1.165) is 12.3 Å². The first-order valence-electron chi connectivity index (χ1n) is 14.5. The minimum absolute atomic E-state index is 0. The van der Waals surface area contributed by atoms with Crippen molar-refractivity contribution in [3.63, 3.8) is 0 Å². The van der Waals surface area contributed by atoms with Crippen molar-refractivity contribution in [2.24, 2.45) is 23.7 Å². The number of carbonyl (C=O) groups is 4. The summed E-state index contributed by atoms with van der Waals surface area (Å²) in [4.78, 5) is 44.5. The molecule has 36 heavy (non-hydrogen) atoms. The minimum Gasteiger partial charge on any atom is -0.300 e. The van der Waals surface area contributed by atoms with Gasteiger partial charge in [-0.1, -0.05) is 97.3 Å². The van der Waals surface area contributed by atoms with E-state index < -0.39 is 0 Å². The van der Waals surface area contributed by atoms with E-state index in [1.807, 2.05) is 0 Å². The van der Waals surface area contributed by atoms with Crippen molar-refractivity contribution >= 4 is 34.2 Å². The Morgan fingerprint density at radius 1 is 0.528 bits per heavy atom. The zero-order valence-corrected chi connectivity index (χ0v) is 22.9. The topological polar surface area (TPSA) is 68.3 Å². The van der Waals surface area contributed by atoms with E-state index in [2.05, 4.69) is 0 Å². The lowest BCUT2D eigenvalue weighted by Gasteiger charge is -2.09. The zero-order valence-electron chi connectivity index (χ0n) is 22.2. The average molecular weight is 525 g/mol. The number of ketones is 3. The first-order valence-corrected chi connectivity index (χ1v) is 14.9. The highest BCUT2D eigenvalue weighted by Crippen LogP contribution is 2.30. The summed E-state index contributed by atoms with van der Waals surface area (Å²) in [6.45, 7) is 1.69. The van der Waals surface area contributed by atoms with Crippen molar-refractivity contribution in [3.8, 4) is 0 Å². The maximum atomic E-state index is 11.8. The lowest BCUT2D eigenvalue weighted by molar-refractivity contribution is -0.128. The summed E-state index contributed by atoms with van der Waals surface area (Å²) < 4.78 is 0. The van der Waals surface area contributed by atoms with Crippen LogP contribution in [0.5, 0.6) is 0 Å². The van der Waals surface area contributed by atoms with E-state index in [-0.39, 0.29) is 30.7 Å². The Bertz CT molecular complexity index is 593. The third-order valence-electron chi connectivity index (χ3n) is 8.35. The summed E-state index contributed by atoms with van der Waals surface area (Å²) >= 11 is 5.22. The fourth-order valence-corrected chi connectivity index (χ4v) is 6.72. The summed E-state index contributed by atoms with van der Waals surface area (Å²) in [5.41, 5.74) is 0. The van der Waals surface area contributed by atoms with Crippen LogP contribution in [-0.2, 0) is 19.2 Å². The van der Waals surface area contributed by atoms with Crippen LogP contribution in [-0.4, -0.2) is 22.6 Å². The minimum atomic E-state index is -0.165. The first-order chi connectivity index (χ1) is 16.8. The van der Waals surface area contributed by atoms with E-state index in [1.165, 1.54) is 103 Å². The van der Waals surface area contributed by atoms with Crippen LogP contribution in [0.25, 0.3) is 0 Å². The number of carbonyl (C=O) groups excluding carboxylic acids is 4. The maximum Gasteiger partial charge on any atom is 0.221 e. The largest absolute Gasteiger partial charge is 0.300 e. The van der Waals surface area contributed by atoms with Gasteiger partial charge >= 0.3 is 0 Å². The molecule has 0 bridgehead atoms. The maximum absolute atomic E-state index is 11.8. The number of hydrogen-bond donors (Lipinski definition) is 0. The van der Waals surface area contributed by atoms with Crippen molar-refractivity contribution in [1.82, 2.24) is 0 Å². The Labute approximate surface area is 226 Å². The van der Waals surface area contributed by atoms with Crippen molar-refractivity contribution in [3.05, 3.63) is 0 Å². The van der Waals surface area contributed by atoms with Crippen molar-refractivity contribution < 1.29 is 19.2 Å². The van der Waals surface area contributed by atoms with E-state index in [9.17, 15) is 19.2 Å². The standard InChI is InChI=1S/C15H24O2.C8H14O.C7H11ClO.CH4/c16-14(9-12-5-1-2-6-12)11-15(17)10-13-7-3-4-8-13;1-7(9)6-8-4-2-3-5-8;8-7(9)5-6-3-1-2-4-6;/h12-13H,1-11H2;8H,2-6H2,1H3;6H,1-5H2;1H4. The van der Waals surface area contributed by atoms with E-state index in [0.29, 0.717) is 42.8 Å². The molecule has 5 heteroatoms. The molecule has 0 aromatic carbocycles. The molecule has 0 N–H and O–H groups in total. The van der Waals surface area contributed by atoms with Crippen LogP contribution in [0.4, 0.5) is 0 Å². The molecule has 4 aliphatic carbocycles. The van der Waals surface area contributed by atoms with Crippen LogP contribution in [0.1, 0.15) is 149 Å². The van der Waals surface area contributed by atoms with Gasteiger partial charge in [-0.2, -0.15) is 0 Å². The summed E-state index contributed by atoms with van der Waals surface area (Å²) in [5, 5.41) is -0.165. The van der Waals surface area contributed by atoms with Crippen LogP contribution < -0.4 is 0 Å². The highest BCUT2D eigenvalue weighted by atomic mass is 35.5. The van der Waals surface area contributed by atoms with Gasteiger partial charge in [0, 0.05) is 25.7 Å². The summed E-state index contributed by atoms with van der Waals surface area (Å²) in [6.07, 6.45) is 23.1. The SMILES string of the molecule is C.CC(=O)CC1CCCC1.O=C(CC(=O)CC1CCCC1)CC1CCCC1.O=C(Cl)CC1CCCC1. The van der Waals surface area contributed by atoms with Gasteiger partial charge < -0.3 is 4.79 Å². The lowest BCUT2D eigenvalue weighted by atomic mass is 9.94. The van der Waals surface area contributed by atoms with Crippen LogP contribution >= 0.6 is 11.6 Å². The van der Waals surface area contributed by atoms with Crippen molar-refractivity contribution in [2.45, 2.75) is 149 Å². The molecule has 4 saturated carbocycles. The Morgan fingerprint density at radius 2 is 0.806 bits per heavy atom. The van der Waals surface area contributed by atoms with Crippen molar-refractivity contribution in [1.29, 1.82) is 0 Å². The number of rotatable bonds is 10. The monoisotopic (exact) mass is 524 g/mol. The highest BCUT2D eigenvalue weighted by Gasteiger charge is 2.23.